The minimum absolute atomic E-state index is 0.0955. The number of benzene rings is 2. The van der Waals surface area contributed by atoms with Crippen LogP contribution in [0.3, 0.4) is 0 Å². The maximum atomic E-state index is 12.7. The number of rotatable bonds is 6. The Kier molecular flexibility index (Phi) is 6.30. The summed E-state index contributed by atoms with van der Waals surface area (Å²) in [6.07, 6.45) is 2.08. The Morgan fingerprint density at radius 2 is 1.79 bits per heavy atom. The molecule has 1 aromatic heterocycles. The SMILES string of the molecule is Cc1c(C(=O)NCc2ccccc2)oc2c1/C(=N/NC(=O)c1ccc([N+](=O)[O-])cc1)CCC2. The fourth-order valence-electron chi connectivity index (χ4n) is 3.77. The number of carbonyl (C=O) groups excluding carboxylic acids is 2. The van der Waals surface area contributed by atoms with Crippen molar-refractivity contribution in [1.82, 2.24) is 10.7 Å². The van der Waals surface area contributed by atoms with Crippen molar-refractivity contribution in [1.29, 1.82) is 0 Å². The van der Waals surface area contributed by atoms with Gasteiger partial charge in [-0.1, -0.05) is 30.3 Å². The van der Waals surface area contributed by atoms with E-state index in [2.05, 4.69) is 15.8 Å². The lowest BCUT2D eigenvalue weighted by atomic mass is 9.93. The zero-order valence-corrected chi connectivity index (χ0v) is 18.0. The van der Waals surface area contributed by atoms with Crippen LogP contribution >= 0.6 is 0 Å². The molecule has 2 amide bonds. The van der Waals surface area contributed by atoms with Crippen molar-refractivity contribution in [3.05, 3.63) is 98.5 Å². The van der Waals surface area contributed by atoms with E-state index in [0.717, 1.165) is 17.5 Å². The van der Waals surface area contributed by atoms with Gasteiger partial charge in [0.1, 0.15) is 5.76 Å². The van der Waals surface area contributed by atoms with Gasteiger partial charge < -0.3 is 9.73 Å². The molecular formula is C24H22N4O5. The molecule has 4 rings (SSSR count). The van der Waals surface area contributed by atoms with Crippen molar-refractivity contribution in [2.75, 3.05) is 0 Å². The van der Waals surface area contributed by atoms with Gasteiger partial charge in [0.25, 0.3) is 17.5 Å². The van der Waals surface area contributed by atoms with Crippen molar-refractivity contribution in [3.8, 4) is 0 Å². The molecule has 1 aliphatic rings. The van der Waals surface area contributed by atoms with E-state index >= 15 is 0 Å². The largest absolute Gasteiger partial charge is 0.455 e. The number of furan rings is 1. The van der Waals surface area contributed by atoms with Crippen LogP contribution in [-0.2, 0) is 13.0 Å². The van der Waals surface area contributed by atoms with Gasteiger partial charge in [0.2, 0.25) is 0 Å². The first-order chi connectivity index (χ1) is 15.9. The molecule has 9 nitrogen and oxygen atoms in total. The topological polar surface area (TPSA) is 127 Å². The second-order valence-corrected chi connectivity index (χ2v) is 7.68. The van der Waals surface area contributed by atoms with E-state index in [4.69, 9.17) is 4.42 Å². The van der Waals surface area contributed by atoms with Gasteiger partial charge in [-0.25, -0.2) is 5.43 Å². The van der Waals surface area contributed by atoms with Gasteiger partial charge in [0, 0.05) is 41.8 Å². The summed E-state index contributed by atoms with van der Waals surface area (Å²) in [7, 11) is 0. The lowest BCUT2D eigenvalue weighted by Crippen LogP contribution is -2.23. The predicted octanol–water partition coefficient (Wildman–Crippen LogP) is 3.90. The molecule has 0 spiro atoms. The van der Waals surface area contributed by atoms with Crippen LogP contribution in [0.15, 0.2) is 64.1 Å². The first-order valence-corrected chi connectivity index (χ1v) is 10.5. The van der Waals surface area contributed by atoms with Gasteiger partial charge >= 0.3 is 0 Å². The molecular weight excluding hydrogens is 424 g/mol. The number of non-ortho nitro benzene ring substituents is 1. The highest BCUT2D eigenvalue weighted by Gasteiger charge is 2.28. The normalized spacial score (nSPS) is 13.9. The van der Waals surface area contributed by atoms with E-state index in [-0.39, 0.29) is 22.9 Å². The van der Waals surface area contributed by atoms with Crippen molar-refractivity contribution in [2.24, 2.45) is 5.10 Å². The average molecular weight is 446 g/mol. The first-order valence-electron chi connectivity index (χ1n) is 10.5. The summed E-state index contributed by atoms with van der Waals surface area (Å²) >= 11 is 0. The highest BCUT2D eigenvalue weighted by molar-refractivity contribution is 6.07. The minimum Gasteiger partial charge on any atom is -0.455 e. The summed E-state index contributed by atoms with van der Waals surface area (Å²) in [4.78, 5) is 35.4. The molecule has 0 saturated heterocycles. The van der Waals surface area contributed by atoms with Crippen molar-refractivity contribution < 1.29 is 18.9 Å². The van der Waals surface area contributed by atoms with Crippen LogP contribution in [0.4, 0.5) is 5.69 Å². The minimum atomic E-state index is -0.527. The second-order valence-electron chi connectivity index (χ2n) is 7.68. The predicted molar refractivity (Wildman–Crippen MR) is 121 cm³/mol. The van der Waals surface area contributed by atoms with Crippen molar-refractivity contribution in [3.63, 3.8) is 0 Å². The molecule has 0 atom stereocenters. The third-order valence-electron chi connectivity index (χ3n) is 5.46. The van der Waals surface area contributed by atoms with Crippen LogP contribution in [0.2, 0.25) is 0 Å². The Morgan fingerprint density at radius 3 is 2.48 bits per heavy atom. The van der Waals surface area contributed by atoms with E-state index in [1.54, 1.807) is 6.92 Å². The van der Waals surface area contributed by atoms with Crippen LogP contribution in [0.1, 0.15) is 56.2 Å². The number of aryl methyl sites for hydroxylation is 1. The summed E-state index contributed by atoms with van der Waals surface area (Å²) in [5.41, 5.74) is 5.71. The molecule has 2 N–H and O–H groups in total. The van der Waals surface area contributed by atoms with Crippen LogP contribution in [0, 0.1) is 17.0 Å². The quantitative estimate of drug-likeness (QED) is 0.439. The summed E-state index contributed by atoms with van der Waals surface area (Å²) < 4.78 is 5.87. The lowest BCUT2D eigenvalue weighted by Gasteiger charge is -2.13. The van der Waals surface area contributed by atoms with Crippen LogP contribution < -0.4 is 10.7 Å². The summed E-state index contributed by atoms with van der Waals surface area (Å²) in [6, 6.07) is 14.9. The fraction of sp³-hybridized carbons (Fsp3) is 0.208. The Hall–Kier alpha value is -4.27. The Bertz CT molecular complexity index is 1230. The number of nitrogens with zero attached hydrogens (tertiary/aromatic N) is 2. The average Bonchev–Trinajstić information content (AvgIpc) is 3.18. The fourth-order valence-corrected chi connectivity index (χ4v) is 3.77. The second kappa shape index (κ2) is 9.47. The van der Waals surface area contributed by atoms with E-state index in [1.807, 2.05) is 30.3 Å². The number of hydrogen-bond donors (Lipinski definition) is 2. The molecule has 9 heteroatoms. The van der Waals surface area contributed by atoms with Crippen LogP contribution in [0.5, 0.6) is 0 Å². The van der Waals surface area contributed by atoms with Gasteiger partial charge in [-0.15, -0.1) is 0 Å². The third-order valence-corrected chi connectivity index (χ3v) is 5.46. The smallest absolute Gasteiger partial charge is 0.287 e. The summed E-state index contributed by atoms with van der Waals surface area (Å²) in [5, 5.41) is 17.9. The molecule has 0 fully saturated rings. The molecule has 0 unspecified atom stereocenters. The maximum Gasteiger partial charge on any atom is 0.287 e. The van der Waals surface area contributed by atoms with Gasteiger partial charge in [-0.05, 0) is 37.5 Å². The third kappa shape index (κ3) is 4.82. The lowest BCUT2D eigenvalue weighted by molar-refractivity contribution is -0.384. The Balaban J connectivity index is 1.49. The molecule has 0 bridgehead atoms. The van der Waals surface area contributed by atoms with Gasteiger partial charge in [0.05, 0.1) is 10.6 Å². The number of amides is 2. The number of hydrogen-bond acceptors (Lipinski definition) is 6. The summed E-state index contributed by atoms with van der Waals surface area (Å²) in [5.74, 6) is 0.130. The van der Waals surface area contributed by atoms with Crippen LogP contribution in [0.25, 0.3) is 0 Å². The van der Waals surface area contributed by atoms with Crippen LogP contribution in [-0.4, -0.2) is 22.4 Å². The monoisotopic (exact) mass is 446 g/mol. The number of hydrazone groups is 1. The van der Waals surface area contributed by atoms with Crippen molar-refractivity contribution in [2.45, 2.75) is 32.7 Å². The Labute approximate surface area is 189 Å². The Morgan fingerprint density at radius 1 is 1.06 bits per heavy atom. The molecule has 1 heterocycles. The molecule has 0 radical (unpaired) electrons. The molecule has 168 valence electrons. The molecule has 1 aliphatic carbocycles. The highest BCUT2D eigenvalue weighted by Crippen LogP contribution is 2.30. The summed E-state index contributed by atoms with van der Waals surface area (Å²) in [6.45, 7) is 2.19. The number of fused-ring (bicyclic) bond motifs is 1. The van der Waals surface area contributed by atoms with Gasteiger partial charge in [-0.2, -0.15) is 5.10 Å². The van der Waals surface area contributed by atoms with Gasteiger partial charge in [-0.3, -0.25) is 19.7 Å². The zero-order chi connectivity index (χ0) is 23.4. The molecule has 0 aliphatic heterocycles. The van der Waals surface area contributed by atoms with E-state index < -0.39 is 10.8 Å². The molecule has 3 aromatic rings. The van der Waals surface area contributed by atoms with E-state index in [0.29, 0.717) is 36.4 Å². The van der Waals surface area contributed by atoms with Crippen molar-refractivity contribution >= 4 is 23.2 Å². The number of carbonyl (C=O) groups is 2. The number of nitro benzene ring substituents is 1. The number of nitro groups is 1. The zero-order valence-electron chi connectivity index (χ0n) is 18.0. The standard InChI is InChI=1S/C24H22N4O5/c1-15-21-19(26-27-23(29)17-10-12-18(13-11-17)28(31)32)8-5-9-20(21)33-22(15)24(30)25-14-16-6-3-2-4-7-16/h2-4,6-7,10-13H,5,8-9,14H2,1H3,(H,25,30)(H,27,29)/b26-19+. The highest BCUT2D eigenvalue weighted by atomic mass is 16.6. The van der Waals surface area contributed by atoms with E-state index in [1.165, 1.54) is 24.3 Å². The number of nitrogens with one attached hydrogen (secondary N) is 2. The molecule has 0 saturated carbocycles. The molecule has 2 aromatic carbocycles. The van der Waals surface area contributed by atoms with Gasteiger partial charge in [0.15, 0.2) is 5.76 Å². The maximum absolute atomic E-state index is 12.7. The first kappa shape index (κ1) is 21.9. The van der Waals surface area contributed by atoms with E-state index in [9.17, 15) is 19.7 Å². The molecule has 33 heavy (non-hydrogen) atoms.